The van der Waals surface area contributed by atoms with Crippen molar-refractivity contribution in [3.8, 4) is 0 Å². The van der Waals surface area contributed by atoms with Crippen molar-refractivity contribution in [2.24, 2.45) is 0 Å². The average molecular weight is 185 g/mol. The Labute approximate surface area is 82.4 Å². The second kappa shape index (κ2) is 8.27. The molecule has 0 saturated carbocycles. The number of allylic oxidation sites excluding steroid dienone is 1. The molecule has 0 aliphatic rings. The van der Waals surface area contributed by atoms with E-state index in [0.29, 0.717) is 12.1 Å². The number of nitrogens with one attached hydrogen (secondary N) is 1. The fourth-order valence-electron chi connectivity index (χ4n) is 0.975. The van der Waals surface area contributed by atoms with Crippen molar-refractivity contribution in [2.45, 2.75) is 46.3 Å². The molecule has 78 valence electrons. The molecule has 0 radical (unpaired) electrons. The minimum absolute atomic E-state index is 0.349. The Bertz CT molecular complexity index is 132. The summed E-state index contributed by atoms with van der Waals surface area (Å²) in [5.74, 6) is 0. The maximum absolute atomic E-state index is 5.54. The van der Waals surface area contributed by atoms with E-state index in [1.165, 1.54) is 0 Å². The van der Waals surface area contributed by atoms with Crippen LogP contribution >= 0.6 is 0 Å². The Morgan fingerprint density at radius 3 is 2.54 bits per heavy atom. The van der Waals surface area contributed by atoms with Gasteiger partial charge in [0.2, 0.25) is 0 Å². The first-order valence-electron chi connectivity index (χ1n) is 5.13. The number of ether oxygens (including phenoxy) is 1. The third kappa shape index (κ3) is 9.57. The van der Waals surface area contributed by atoms with Crippen LogP contribution in [0.15, 0.2) is 12.2 Å². The van der Waals surface area contributed by atoms with Crippen LogP contribution in [-0.4, -0.2) is 25.3 Å². The minimum atomic E-state index is 0.349. The summed E-state index contributed by atoms with van der Waals surface area (Å²) in [5, 5.41) is 3.37. The monoisotopic (exact) mass is 185 g/mol. The van der Waals surface area contributed by atoms with Gasteiger partial charge in [0.15, 0.2) is 0 Å². The zero-order valence-corrected chi connectivity index (χ0v) is 9.34. The molecule has 0 fully saturated rings. The third-order valence-corrected chi connectivity index (χ3v) is 1.82. The van der Waals surface area contributed by atoms with Gasteiger partial charge in [0.05, 0.1) is 12.7 Å². The molecule has 0 aromatic rings. The van der Waals surface area contributed by atoms with Gasteiger partial charge in [0.1, 0.15) is 0 Å². The van der Waals surface area contributed by atoms with Crippen molar-refractivity contribution in [3.05, 3.63) is 12.2 Å². The van der Waals surface area contributed by atoms with Crippen LogP contribution in [0.5, 0.6) is 0 Å². The summed E-state index contributed by atoms with van der Waals surface area (Å²) < 4.78 is 5.54. The molecule has 1 unspecified atom stereocenters. The van der Waals surface area contributed by atoms with Crippen molar-refractivity contribution >= 4 is 0 Å². The van der Waals surface area contributed by atoms with Crippen molar-refractivity contribution in [2.75, 3.05) is 13.2 Å². The topological polar surface area (TPSA) is 21.3 Å². The van der Waals surface area contributed by atoms with Crippen LogP contribution in [-0.2, 0) is 4.74 Å². The largest absolute Gasteiger partial charge is 0.374 e. The second-order valence-corrected chi connectivity index (χ2v) is 3.61. The smallest absolute Gasteiger partial charge is 0.0650 e. The quantitative estimate of drug-likeness (QED) is 0.615. The zero-order chi connectivity index (χ0) is 10.1. The molecule has 13 heavy (non-hydrogen) atoms. The molecule has 2 nitrogen and oxygen atoms in total. The molecule has 0 rings (SSSR count). The fourth-order valence-corrected chi connectivity index (χ4v) is 0.975. The van der Waals surface area contributed by atoms with Crippen LogP contribution in [0.4, 0.5) is 0 Å². The summed E-state index contributed by atoms with van der Waals surface area (Å²) in [7, 11) is 0. The molecule has 0 aromatic heterocycles. The molecule has 0 aromatic carbocycles. The summed E-state index contributed by atoms with van der Waals surface area (Å²) in [6.45, 7) is 10.2. The molecule has 2 heteroatoms. The standard InChI is InChI=1S/C11H23NO/c1-5-6-9-13-11(4)7-8-12-10(2)3/h5-6,10-12H,7-9H2,1-4H3. The summed E-state index contributed by atoms with van der Waals surface area (Å²) in [6.07, 6.45) is 5.48. The Morgan fingerprint density at radius 2 is 2.00 bits per heavy atom. The maximum Gasteiger partial charge on any atom is 0.0650 e. The highest BCUT2D eigenvalue weighted by atomic mass is 16.5. The Hall–Kier alpha value is -0.340. The van der Waals surface area contributed by atoms with Crippen molar-refractivity contribution < 1.29 is 4.74 Å². The molecule has 0 bridgehead atoms. The summed E-state index contributed by atoms with van der Waals surface area (Å²) in [6, 6.07) is 0.572. The van der Waals surface area contributed by atoms with Crippen LogP contribution in [0.25, 0.3) is 0 Å². The molecule has 0 aliphatic carbocycles. The Morgan fingerprint density at radius 1 is 1.31 bits per heavy atom. The second-order valence-electron chi connectivity index (χ2n) is 3.61. The van der Waals surface area contributed by atoms with Crippen LogP contribution in [0.3, 0.4) is 0 Å². The Kier molecular flexibility index (Phi) is 8.05. The molecular weight excluding hydrogens is 162 g/mol. The molecule has 0 amide bonds. The molecule has 0 aliphatic heterocycles. The molecule has 0 heterocycles. The first-order valence-corrected chi connectivity index (χ1v) is 5.13. The van der Waals surface area contributed by atoms with Gasteiger partial charge in [-0.3, -0.25) is 0 Å². The number of hydrogen-bond donors (Lipinski definition) is 1. The fraction of sp³-hybridized carbons (Fsp3) is 0.818. The van der Waals surface area contributed by atoms with Crippen LogP contribution in [0.1, 0.15) is 34.1 Å². The van der Waals surface area contributed by atoms with Gasteiger partial charge < -0.3 is 10.1 Å². The van der Waals surface area contributed by atoms with Gasteiger partial charge in [-0.1, -0.05) is 26.0 Å². The van der Waals surface area contributed by atoms with E-state index < -0.39 is 0 Å². The van der Waals surface area contributed by atoms with E-state index in [-0.39, 0.29) is 0 Å². The van der Waals surface area contributed by atoms with Gasteiger partial charge in [0, 0.05) is 6.04 Å². The summed E-state index contributed by atoms with van der Waals surface area (Å²) in [4.78, 5) is 0. The van der Waals surface area contributed by atoms with Crippen molar-refractivity contribution in [1.82, 2.24) is 5.32 Å². The van der Waals surface area contributed by atoms with Crippen LogP contribution in [0, 0.1) is 0 Å². The Balaban J connectivity index is 3.24. The normalized spacial score (nSPS) is 14.2. The minimum Gasteiger partial charge on any atom is -0.374 e. The molecule has 1 N–H and O–H groups in total. The predicted octanol–water partition coefficient (Wildman–Crippen LogP) is 2.36. The predicted molar refractivity (Wildman–Crippen MR) is 58.0 cm³/mol. The van der Waals surface area contributed by atoms with E-state index in [9.17, 15) is 0 Å². The van der Waals surface area contributed by atoms with E-state index in [0.717, 1.165) is 19.6 Å². The highest BCUT2D eigenvalue weighted by Crippen LogP contribution is 1.96. The number of rotatable bonds is 7. The van der Waals surface area contributed by atoms with Crippen LogP contribution in [0.2, 0.25) is 0 Å². The molecule has 1 atom stereocenters. The van der Waals surface area contributed by atoms with Crippen LogP contribution < -0.4 is 5.32 Å². The van der Waals surface area contributed by atoms with E-state index in [1.54, 1.807) is 0 Å². The lowest BCUT2D eigenvalue weighted by molar-refractivity contribution is 0.0815. The van der Waals surface area contributed by atoms with E-state index in [4.69, 9.17) is 4.74 Å². The average Bonchev–Trinajstić information content (AvgIpc) is 2.04. The lowest BCUT2D eigenvalue weighted by atomic mass is 10.2. The van der Waals surface area contributed by atoms with Gasteiger partial charge in [0.25, 0.3) is 0 Å². The van der Waals surface area contributed by atoms with Gasteiger partial charge >= 0.3 is 0 Å². The first-order chi connectivity index (χ1) is 6.16. The van der Waals surface area contributed by atoms with Gasteiger partial charge in [-0.25, -0.2) is 0 Å². The maximum atomic E-state index is 5.54. The molecule has 0 saturated heterocycles. The SMILES string of the molecule is CC=CCOC(C)CCNC(C)C. The van der Waals surface area contributed by atoms with Gasteiger partial charge in [-0.2, -0.15) is 0 Å². The lowest BCUT2D eigenvalue weighted by Gasteiger charge is -2.13. The third-order valence-electron chi connectivity index (χ3n) is 1.82. The highest BCUT2D eigenvalue weighted by Gasteiger charge is 2.00. The van der Waals surface area contributed by atoms with E-state index in [2.05, 4.69) is 26.1 Å². The highest BCUT2D eigenvalue weighted by molar-refractivity contribution is 4.76. The molecule has 0 spiro atoms. The molecular formula is C11H23NO. The summed E-state index contributed by atoms with van der Waals surface area (Å²) in [5.41, 5.74) is 0. The zero-order valence-electron chi connectivity index (χ0n) is 9.34. The van der Waals surface area contributed by atoms with Gasteiger partial charge in [-0.15, -0.1) is 0 Å². The summed E-state index contributed by atoms with van der Waals surface area (Å²) >= 11 is 0. The van der Waals surface area contributed by atoms with E-state index >= 15 is 0 Å². The van der Waals surface area contributed by atoms with Crippen molar-refractivity contribution in [1.29, 1.82) is 0 Å². The van der Waals surface area contributed by atoms with Crippen molar-refractivity contribution in [3.63, 3.8) is 0 Å². The lowest BCUT2D eigenvalue weighted by Crippen LogP contribution is -2.26. The van der Waals surface area contributed by atoms with Gasteiger partial charge in [-0.05, 0) is 26.8 Å². The van der Waals surface area contributed by atoms with E-state index in [1.807, 2.05) is 19.1 Å². The number of hydrogen-bond acceptors (Lipinski definition) is 2. The first kappa shape index (κ1) is 12.7.